The SMILES string of the molecule is CCNCc1csc(N(C)C(C)CCSC)n1. The first kappa shape index (κ1) is 14.8. The van der Waals surface area contributed by atoms with E-state index < -0.39 is 0 Å². The minimum atomic E-state index is 0.556. The molecule has 5 heteroatoms. The van der Waals surface area contributed by atoms with E-state index in [9.17, 15) is 0 Å². The summed E-state index contributed by atoms with van der Waals surface area (Å²) in [4.78, 5) is 6.94. The lowest BCUT2D eigenvalue weighted by atomic mass is 10.2. The molecule has 0 aliphatic heterocycles. The zero-order valence-corrected chi connectivity index (χ0v) is 12.8. The van der Waals surface area contributed by atoms with Crippen LogP contribution in [0.25, 0.3) is 0 Å². The fourth-order valence-corrected chi connectivity index (χ4v) is 2.93. The normalized spacial score (nSPS) is 12.7. The average Bonchev–Trinajstić information content (AvgIpc) is 2.81. The number of hydrogen-bond donors (Lipinski definition) is 1. The van der Waals surface area contributed by atoms with Crippen LogP contribution in [-0.2, 0) is 6.54 Å². The topological polar surface area (TPSA) is 28.2 Å². The summed E-state index contributed by atoms with van der Waals surface area (Å²) in [5, 5.41) is 6.58. The van der Waals surface area contributed by atoms with Crippen LogP contribution < -0.4 is 10.2 Å². The van der Waals surface area contributed by atoms with Gasteiger partial charge in [-0.05, 0) is 31.9 Å². The van der Waals surface area contributed by atoms with Crippen molar-refractivity contribution in [1.29, 1.82) is 0 Å². The maximum Gasteiger partial charge on any atom is 0.185 e. The lowest BCUT2D eigenvalue weighted by molar-refractivity contribution is 0.663. The summed E-state index contributed by atoms with van der Waals surface area (Å²) < 4.78 is 0. The summed E-state index contributed by atoms with van der Waals surface area (Å²) in [5.41, 5.74) is 1.15. The number of nitrogens with one attached hydrogen (secondary N) is 1. The molecule has 3 nitrogen and oxygen atoms in total. The summed E-state index contributed by atoms with van der Waals surface area (Å²) in [5.74, 6) is 1.21. The smallest absolute Gasteiger partial charge is 0.185 e. The molecule has 17 heavy (non-hydrogen) atoms. The summed E-state index contributed by atoms with van der Waals surface area (Å²) in [7, 11) is 2.14. The number of anilines is 1. The van der Waals surface area contributed by atoms with Gasteiger partial charge in [-0.15, -0.1) is 11.3 Å². The van der Waals surface area contributed by atoms with Crippen LogP contribution in [0.5, 0.6) is 0 Å². The van der Waals surface area contributed by atoms with Crippen molar-refractivity contribution < 1.29 is 0 Å². The van der Waals surface area contributed by atoms with Crippen LogP contribution >= 0.6 is 23.1 Å². The van der Waals surface area contributed by atoms with Gasteiger partial charge in [-0.3, -0.25) is 0 Å². The van der Waals surface area contributed by atoms with Gasteiger partial charge in [0.05, 0.1) is 5.69 Å². The average molecular weight is 273 g/mol. The fourth-order valence-electron chi connectivity index (χ4n) is 1.46. The molecule has 0 aliphatic carbocycles. The number of thiazole rings is 1. The molecule has 0 spiro atoms. The molecule has 0 bridgehead atoms. The van der Waals surface area contributed by atoms with Crippen LogP contribution in [0.4, 0.5) is 5.13 Å². The minimum absolute atomic E-state index is 0.556. The third-order valence-electron chi connectivity index (χ3n) is 2.80. The third-order valence-corrected chi connectivity index (χ3v) is 4.42. The van der Waals surface area contributed by atoms with Gasteiger partial charge >= 0.3 is 0 Å². The summed E-state index contributed by atoms with van der Waals surface area (Å²) in [6.07, 6.45) is 3.37. The molecule has 1 atom stereocenters. The number of aromatic nitrogens is 1. The Morgan fingerprint density at radius 2 is 2.35 bits per heavy atom. The Labute approximate surface area is 113 Å². The lowest BCUT2D eigenvalue weighted by Crippen LogP contribution is -2.29. The second kappa shape index (κ2) is 7.95. The van der Waals surface area contributed by atoms with Crippen molar-refractivity contribution in [2.45, 2.75) is 32.9 Å². The first-order valence-electron chi connectivity index (χ1n) is 6.06. The Morgan fingerprint density at radius 3 is 3.00 bits per heavy atom. The van der Waals surface area contributed by atoms with E-state index in [0.717, 1.165) is 23.9 Å². The molecule has 0 radical (unpaired) electrons. The predicted octanol–water partition coefficient (Wildman–Crippen LogP) is 2.83. The standard InChI is InChI=1S/C12H23N3S2/c1-5-13-8-11-9-17-12(14-11)15(3)10(2)6-7-16-4/h9-10,13H,5-8H2,1-4H3. The zero-order chi connectivity index (χ0) is 12.7. The largest absolute Gasteiger partial charge is 0.348 e. The highest BCUT2D eigenvalue weighted by Crippen LogP contribution is 2.22. The number of hydrogen-bond acceptors (Lipinski definition) is 5. The molecule has 1 heterocycles. The Hall–Kier alpha value is -0.260. The van der Waals surface area contributed by atoms with Gasteiger partial charge in [-0.2, -0.15) is 11.8 Å². The third kappa shape index (κ3) is 4.85. The minimum Gasteiger partial charge on any atom is -0.348 e. The maximum atomic E-state index is 4.65. The Balaban J connectivity index is 2.50. The molecule has 1 N–H and O–H groups in total. The van der Waals surface area contributed by atoms with Crippen LogP contribution in [0.1, 0.15) is 26.0 Å². The first-order valence-corrected chi connectivity index (χ1v) is 8.33. The zero-order valence-electron chi connectivity index (χ0n) is 11.2. The van der Waals surface area contributed by atoms with Crippen LogP contribution in [0.2, 0.25) is 0 Å². The van der Waals surface area contributed by atoms with Crippen molar-refractivity contribution in [2.24, 2.45) is 0 Å². The molecular weight excluding hydrogens is 250 g/mol. The lowest BCUT2D eigenvalue weighted by Gasteiger charge is -2.23. The molecule has 1 aromatic rings. The van der Waals surface area contributed by atoms with Gasteiger partial charge in [0.1, 0.15) is 0 Å². The highest BCUT2D eigenvalue weighted by atomic mass is 32.2. The molecule has 1 aromatic heterocycles. The van der Waals surface area contributed by atoms with Crippen LogP contribution in [0.15, 0.2) is 5.38 Å². The summed E-state index contributed by atoms with van der Waals surface area (Å²) >= 11 is 3.64. The van der Waals surface area contributed by atoms with Gasteiger partial charge in [0, 0.05) is 25.0 Å². The van der Waals surface area contributed by atoms with Gasteiger partial charge in [-0.1, -0.05) is 6.92 Å². The van der Waals surface area contributed by atoms with Crippen molar-refractivity contribution in [1.82, 2.24) is 10.3 Å². The molecule has 0 aromatic carbocycles. The summed E-state index contributed by atoms with van der Waals surface area (Å²) in [6.45, 7) is 6.25. The van der Waals surface area contributed by atoms with Gasteiger partial charge < -0.3 is 10.2 Å². The molecular formula is C12H23N3S2. The second-order valence-electron chi connectivity index (χ2n) is 4.14. The number of thioether (sulfide) groups is 1. The molecule has 0 saturated carbocycles. The Bertz CT molecular complexity index is 314. The molecule has 0 fully saturated rings. The van der Waals surface area contributed by atoms with E-state index in [1.165, 1.54) is 12.2 Å². The van der Waals surface area contributed by atoms with E-state index >= 15 is 0 Å². The van der Waals surface area contributed by atoms with Gasteiger partial charge in [-0.25, -0.2) is 4.98 Å². The van der Waals surface area contributed by atoms with Crippen molar-refractivity contribution in [3.63, 3.8) is 0 Å². The van der Waals surface area contributed by atoms with E-state index in [1.807, 2.05) is 11.8 Å². The molecule has 0 saturated heterocycles. The Morgan fingerprint density at radius 1 is 1.59 bits per heavy atom. The van der Waals surface area contributed by atoms with Crippen LogP contribution in [0.3, 0.4) is 0 Å². The van der Waals surface area contributed by atoms with Crippen molar-refractivity contribution >= 4 is 28.2 Å². The number of nitrogens with zero attached hydrogens (tertiary/aromatic N) is 2. The van der Waals surface area contributed by atoms with E-state index in [4.69, 9.17) is 0 Å². The quantitative estimate of drug-likeness (QED) is 0.788. The van der Waals surface area contributed by atoms with Gasteiger partial charge in [0.15, 0.2) is 5.13 Å². The van der Waals surface area contributed by atoms with E-state index in [0.29, 0.717) is 6.04 Å². The van der Waals surface area contributed by atoms with Gasteiger partial charge in [0.2, 0.25) is 0 Å². The second-order valence-corrected chi connectivity index (χ2v) is 5.97. The van der Waals surface area contributed by atoms with Crippen molar-refractivity contribution in [3.8, 4) is 0 Å². The first-order chi connectivity index (χ1) is 8.19. The monoisotopic (exact) mass is 273 g/mol. The molecule has 98 valence electrons. The molecule has 0 amide bonds. The highest BCUT2D eigenvalue weighted by molar-refractivity contribution is 7.98. The predicted molar refractivity (Wildman–Crippen MR) is 80.4 cm³/mol. The van der Waals surface area contributed by atoms with E-state index in [-0.39, 0.29) is 0 Å². The molecule has 1 rings (SSSR count). The summed E-state index contributed by atoms with van der Waals surface area (Å²) in [6, 6.07) is 0.556. The highest BCUT2D eigenvalue weighted by Gasteiger charge is 2.13. The van der Waals surface area contributed by atoms with E-state index in [1.54, 1.807) is 11.3 Å². The Kier molecular flexibility index (Phi) is 6.92. The number of rotatable bonds is 8. The fraction of sp³-hybridized carbons (Fsp3) is 0.750. The van der Waals surface area contributed by atoms with Crippen molar-refractivity contribution in [3.05, 3.63) is 11.1 Å². The van der Waals surface area contributed by atoms with Crippen molar-refractivity contribution in [2.75, 3.05) is 30.5 Å². The van der Waals surface area contributed by atoms with E-state index in [2.05, 4.69) is 47.7 Å². The molecule has 0 aliphatic rings. The van der Waals surface area contributed by atoms with Gasteiger partial charge in [0.25, 0.3) is 0 Å². The molecule has 1 unspecified atom stereocenters. The van der Waals surface area contributed by atoms with Crippen LogP contribution in [0, 0.1) is 0 Å². The maximum absolute atomic E-state index is 4.65. The van der Waals surface area contributed by atoms with Crippen LogP contribution in [-0.4, -0.2) is 36.6 Å².